The Morgan fingerprint density at radius 1 is 0.964 bits per heavy atom. The predicted molar refractivity (Wildman–Crippen MR) is 105 cm³/mol. The van der Waals surface area contributed by atoms with Crippen LogP contribution < -0.4 is 11.1 Å². The third-order valence-corrected chi connectivity index (χ3v) is 3.61. The Morgan fingerprint density at radius 2 is 1.57 bits per heavy atom. The number of carbonyl (C=O) groups excluding carboxylic acids is 2. The summed E-state index contributed by atoms with van der Waals surface area (Å²) in [6, 6.07) is 13.3. The molecule has 9 nitrogen and oxygen atoms in total. The average Bonchev–Trinajstić information content (AvgIpc) is 2.70. The maximum atomic E-state index is 12.4. The number of ether oxygens (including phenoxy) is 2. The molecule has 0 aliphatic heterocycles. The summed E-state index contributed by atoms with van der Waals surface area (Å²) >= 11 is 0. The first-order valence-electron chi connectivity index (χ1n) is 8.56. The van der Waals surface area contributed by atoms with Crippen LogP contribution in [0.4, 0.5) is 11.4 Å². The van der Waals surface area contributed by atoms with Crippen LogP contribution in [-0.4, -0.2) is 44.7 Å². The van der Waals surface area contributed by atoms with Crippen LogP contribution in [0.2, 0.25) is 0 Å². The molecule has 146 valence electrons. The molecule has 0 unspecified atom stereocenters. The summed E-state index contributed by atoms with van der Waals surface area (Å²) in [6.45, 7) is 0.996. The van der Waals surface area contributed by atoms with Crippen molar-refractivity contribution in [3.63, 3.8) is 0 Å². The number of hydrogen-bond donors (Lipinski definition) is 2. The van der Waals surface area contributed by atoms with Crippen LogP contribution in [0.5, 0.6) is 0 Å². The Bertz CT molecular complexity index is 830. The third kappa shape index (κ3) is 7.08. The van der Waals surface area contributed by atoms with Gasteiger partial charge in [-0.15, -0.1) is 0 Å². The molecular formula is C19H21N5O4. The van der Waals surface area contributed by atoms with E-state index in [4.69, 9.17) is 20.7 Å². The number of benzene rings is 2. The Hall–Kier alpha value is -3.39. The zero-order chi connectivity index (χ0) is 20.2. The van der Waals surface area contributed by atoms with Crippen molar-refractivity contribution in [2.45, 2.75) is 0 Å². The number of nitrogens with one attached hydrogen (secondary N) is 1. The van der Waals surface area contributed by atoms with Gasteiger partial charge >= 0.3 is 0 Å². The molecule has 0 fully saturated rings. The molecule has 9 heteroatoms. The maximum Gasteiger partial charge on any atom is 0.250 e. The van der Waals surface area contributed by atoms with E-state index in [-0.39, 0.29) is 31.4 Å². The highest BCUT2D eigenvalue weighted by molar-refractivity contribution is 6.09. The molecule has 0 saturated carbocycles. The van der Waals surface area contributed by atoms with Crippen LogP contribution in [0.1, 0.15) is 15.9 Å². The molecule has 0 aliphatic carbocycles. The zero-order valence-corrected chi connectivity index (χ0v) is 15.2. The van der Waals surface area contributed by atoms with E-state index in [1.807, 2.05) is 0 Å². The van der Waals surface area contributed by atoms with Crippen molar-refractivity contribution in [1.29, 1.82) is 0 Å². The van der Waals surface area contributed by atoms with Crippen molar-refractivity contribution in [2.24, 2.45) is 5.11 Å². The van der Waals surface area contributed by atoms with E-state index < -0.39 is 0 Å². The lowest BCUT2D eigenvalue weighted by Gasteiger charge is -2.08. The topological polar surface area (TPSA) is 139 Å². The number of carbonyl (C=O) groups is 2. The van der Waals surface area contributed by atoms with Crippen molar-refractivity contribution in [1.82, 2.24) is 0 Å². The van der Waals surface area contributed by atoms with Crippen LogP contribution in [0, 0.1) is 0 Å². The lowest BCUT2D eigenvalue weighted by molar-refractivity contribution is -0.121. The quantitative estimate of drug-likeness (QED) is 0.153. The van der Waals surface area contributed by atoms with Gasteiger partial charge in [0.2, 0.25) is 5.91 Å². The lowest BCUT2D eigenvalue weighted by Crippen LogP contribution is -2.20. The van der Waals surface area contributed by atoms with Crippen LogP contribution in [0.25, 0.3) is 10.4 Å². The fourth-order valence-corrected chi connectivity index (χ4v) is 2.24. The first-order valence-corrected chi connectivity index (χ1v) is 8.56. The smallest absolute Gasteiger partial charge is 0.250 e. The maximum absolute atomic E-state index is 12.4. The molecule has 0 aliphatic rings. The Morgan fingerprint density at radius 3 is 2.21 bits per heavy atom. The molecule has 0 atom stereocenters. The number of ketones is 1. The molecular weight excluding hydrogens is 362 g/mol. The number of nitrogen functional groups attached to an aromatic ring is 1. The fraction of sp³-hybridized carbons (Fsp3) is 0.263. The summed E-state index contributed by atoms with van der Waals surface area (Å²) in [5.74, 6) is -0.437. The van der Waals surface area contributed by atoms with Crippen molar-refractivity contribution < 1.29 is 19.1 Å². The standard InChI is InChI=1S/C19H21N5O4/c20-16-5-1-14(2-6-16)19(26)15-3-7-17(8-4-15)23-18(25)13-28-12-11-27-10-9-22-24-21/h1-8H,9-13,20H2,(H,23,25). The van der Waals surface area contributed by atoms with Crippen molar-refractivity contribution >= 4 is 23.1 Å². The second kappa shape index (κ2) is 11.3. The van der Waals surface area contributed by atoms with E-state index in [0.717, 1.165) is 0 Å². The van der Waals surface area contributed by atoms with Gasteiger partial charge in [0.15, 0.2) is 5.78 Å². The molecule has 1 amide bonds. The Labute approximate surface area is 162 Å². The molecule has 3 N–H and O–H groups in total. The van der Waals surface area contributed by atoms with Crippen molar-refractivity contribution in [2.75, 3.05) is 44.0 Å². The summed E-state index contributed by atoms with van der Waals surface area (Å²) in [5, 5.41) is 6.01. The summed E-state index contributed by atoms with van der Waals surface area (Å²) in [7, 11) is 0. The summed E-state index contributed by atoms with van der Waals surface area (Å²) in [6.07, 6.45) is 0. The van der Waals surface area contributed by atoms with Gasteiger partial charge in [0.1, 0.15) is 6.61 Å². The fourth-order valence-electron chi connectivity index (χ4n) is 2.24. The van der Waals surface area contributed by atoms with Crippen LogP contribution in [0.3, 0.4) is 0 Å². The minimum absolute atomic E-state index is 0.119. The summed E-state index contributed by atoms with van der Waals surface area (Å²) < 4.78 is 10.4. The first kappa shape index (κ1) is 20.9. The normalized spacial score (nSPS) is 10.1. The Kier molecular flexibility index (Phi) is 8.48. The van der Waals surface area contributed by atoms with Gasteiger partial charge in [-0.3, -0.25) is 9.59 Å². The zero-order valence-electron chi connectivity index (χ0n) is 15.2. The molecule has 2 aromatic rings. The van der Waals surface area contributed by atoms with Crippen LogP contribution in [-0.2, 0) is 14.3 Å². The van der Waals surface area contributed by atoms with Gasteiger partial charge in [0.05, 0.1) is 19.8 Å². The van der Waals surface area contributed by atoms with Crippen molar-refractivity contribution in [3.8, 4) is 0 Å². The minimum Gasteiger partial charge on any atom is -0.399 e. The van der Waals surface area contributed by atoms with Gasteiger partial charge in [-0.25, -0.2) is 0 Å². The number of amides is 1. The second-order valence-electron chi connectivity index (χ2n) is 5.70. The van der Waals surface area contributed by atoms with Crippen LogP contribution >= 0.6 is 0 Å². The molecule has 0 bridgehead atoms. The molecule has 2 aromatic carbocycles. The highest BCUT2D eigenvalue weighted by Gasteiger charge is 2.09. The van der Waals surface area contributed by atoms with Gasteiger partial charge in [0.25, 0.3) is 0 Å². The van der Waals surface area contributed by atoms with E-state index in [1.165, 1.54) is 0 Å². The molecule has 2 rings (SSSR count). The second-order valence-corrected chi connectivity index (χ2v) is 5.70. The van der Waals surface area contributed by atoms with E-state index in [1.54, 1.807) is 48.5 Å². The highest BCUT2D eigenvalue weighted by Crippen LogP contribution is 2.15. The number of nitrogens with zero attached hydrogens (tertiary/aromatic N) is 3. The van der Waals surface area contributed by atoms with E-state index in [0.29, 0.717) is 35.7 Å². The van der Waals surface area contributed by atoms with Gasteiger partial charge < -0.3 is 20.5 Å². The molecule has 0 heterocycles. The third-order valence-electron chi connectivity index (χ3n) is 3.61. The number of hydrogen-bond acceptors (Lipinski definition) is 6. The molecule has 0 saturated heterocycles. The van der Waals surface area contributed by atoms with Gasteiger partial charge in [-0.2, -0.15) is 0 Å². The van der Waals surface area contributed by atoms with Gasteiger partial charge in [-0.05, 0) is 54.1 Å². The van der Waals surface area contributed by atoms with Crippen molar-refractivity contribution in [3.05, 3.63) is 70.1 Å². The molecule has 28 heavy (non-hydrogen) atoms. The molecule has 0 spiro atoms. The first-order chi connectivity index (χ1) is 13.6. The summed E-state index contributed by atoms with van der Waals surface area (Å²) in [4.78, 5) is 26.8. The van der Waals surface area contributed by atoms with Gasteiger partial charge in [-0.1, -0.05) is 5.11 Å². The van der Waals surface area contributed by atoms with E-state index in [9.17, 15) is 9.59 Å². The number of anilines is 2. The largest absolute Gasteiger partial charge is 0.399 e. The highest BCUT2D eigenvalue weighted by atomic mass is 16.5. The number of nitrogens with two attached hydrogens (primary N) is 1. The minimum atomic E-state index is -0.313. The van der Waals surface area contributed by atoms with E-state index >= 15 is 0 Å². The summed E-state index contributed by atoms with van der Waals surface area (Å²) in [5.41, 5.74) is 15.9. The predicted octanol–water partition coefficient (Wildman–Crippen LogP) is 2.78. The van der Waals surface area contributed by atoms with Gasteiger partial charge in [0, 0.05) is 34.0 Å². The van der Waals surface area contributed by atoms with E-state index in [2.05, 4.69) is 15.3 Å². The Balaban J connectivity index is 1.72. The number of rotatable bonds is 11. The lowest BCUT2D eigenvalue weighted by atomic mass is 10.0. The number of azide groups is 1. The average molecular weight is 383 g/mol. The monoisotopic (exact) mass is 383 g/mol. The molecule has 0 radical (unpaired) electrons. The SMILES string of the molecule is [N-]=[N+]=NCCOCCOCC(=O)Nc1ccc(C(=O)c2ccc(N)cc2)cc1. The van der Waals surface area contributed by atoms with Crippen LogP contribution in [0.15, 0.2) is 53.6 Å². The molecule has 0 aromatic heterocycles.